The van der Waals surface area contributed by atoms with E-state index in [9.17, 15) is 0 Å². The van der Waals surface area contributed by atoms with Gasteiger partial charge in [0.25, 0.3) is 6.71 Å². The average Bonchev–Trinajstić information content (AvgIpc) is 0.680. The van der Waals surface area contributed by atoms with Crippen molar-refractivity contribution in [1.82, 2.24) is 0 Å². The molecule has 0 fully saturated rings. The lowest BCUT2D eigenvalue weighted by Gasteiger charge is -2.46. The smallest absolute Gasteiger partial charge is 0.252 e. The molecule has 0 aromatic heterocycles. The van der Waals surface area contributed by atoms with Gasteiger partial charge in [-0.1, -0.05) is 321 Å². The van der Waals surface area contributed by atoms with Gasteiger partial charge in [-0.3, -0.25) is 0 Å². The maximum atomic E-state index is 2.73. The van der Waals surface area contributed by atoms with E-state index in [1.165, 1.54) is 114 Å². The van der Waals surface area contributed by atoms with Gasteiger partial charge in [-0.25, -0.2) is 0 Å². The molecule has 19 aromatic carbocycles. The number of nitrogens with zero attached hydrogens (tertiary/aromatic N) is 5. The van der Waals surface area contributed by atoms with Crippen LogP contribution in [0.4, 0.5) is 85.3 Å². The van der Waals surface area contributed by atoms with Gasteiger partial charge in [0, 0.05) is 94.5 Å². The van der Waals surface area contributed by atoms with Crippen LogP contribution in [0.1, 0.15) is 0 Å². The van der Waals surface area contributed by atoms with Crippen LogP contribution in [0.5, 0.6) is 0 Å². The molecule has 0 radical (unpaired) electrons. The van der Waals surface area contributed by atoms with Gasteiger partial charge >= 0.3 is 0 Å². The maximum absolute atomic E-state index is 2.73. The monoisotopic (exact) mass is 1470 g/mol. The van der Waals surface area contributed by atoms with Gasteiger partial charge in [0.15, 0.2) is 0 Å². The predicted molar refractivity (Wildman–Crippen MR) is 486 cm³/mol. The summed E-state index contributed by atoms with van der Waals surface area (Å²) in [5.41, 5.74) is 31.3. The zero-order chi connectivity index (χ0) is 74.9. The van der Waals surface area contributed by atoms with Gasteiger partial charge in [0.2, 0.25) is 6.71 Å². The van der Waals surface area contributed by atoms with Crippen molar-refractivity contribution in [2.45, 2.75) is 9.79 Å². The molecule has 0 unspecified atom stereocenters. The van der Waals surface area contributed by atoms with E-state index < -0.39 is 0 Å². The third-order valence-corrected chi connectivity index (χ3v) is 25.0. The molecule has 114 heavy (non-hydrogen) atoms. The van der Waals surface area contributed by atoms with E-state index in [4.69, 9.17) is 0 Å². The Balaban J connectivity index is 0.836. The summed E-state index contributed by atoms with van der Waals surface area (Å²) < 4.78 is 0. The lowest BCUT2D eigenvalue weighted by molar-refractivity contribution is 1.22. The highest BCUT2D eigenvalue weighted by molar-refractivity contribution is 8.00. The van der Waals surface area contributed by atoms with Crippen LogP contribution in [0.3, 0.4) is 0 Å². The van der Waals surface area contributed by atoms with Crippen LogP contribution >= 0.6 is 11.8 Å². The van der Waals surface area contributed by atoms with Crippen LogP contribution in [-0.2, 0) is 0 Å². The summed E-state index contributed by atoms with van der Waals surface area (Å²) in [6.07, 6.45) is 0. The fourth-order valence-electron chi connectivity index (χ4n) is 19.4. The number of benzene rings is 19. The highest BCUT2D eigenvalue weighted by atomic mass is 32.2. The van der Waals surface area contributed by atoms with Gasteiger partial charge in [-0.2, -0.15) is 0 Å². The first kappa shape index (κ1) is 65.6. The molecule has 530 valence electrons. The van der Waals surface area contributed by atoms with Gasteiger partial charge in [0.1, 0.15) is 0 Å². The highest BCUT2D eigenvalue weighted by Gasteiger charge is 2.48. The van der Waals surface area contributed by atoms with Gasteiger partial charge < -0.3 is 24.5 Å². The molecule has 5 nitrogen and oxygen atoms in total. The molecule has 0 spiro atoms. The molecule has 0 aliphatic carbocycles. The third-order valence-electron chi connectivity index (χ3n) is 23.9. The summed E-state index contributed by atoms with van der Waals surface area (Å²) in [4.78, 5) is 15.2. The highest BCUT2D eigenvalue weighted by Crippen LogP contribution is 2.56. The van der Waals surface area contributed by atoms with Gasteiger partial charge in [0.05, 0.1) is 11.4 Å². The Bertz CT molecular complexity index is 6860. The van der Waals surface area contributed by atoms with Crippen LogP contribution in [0.25, 0.3) is 76.5 Å². The number of para-hydroxylation sites is 7. The maximum Gasteiger partial charge on any atom is 0.252 e. The van der Waals surface area contributed by atoms with Crippen molar-refractivity contribution >= 4 is 186 Å². The minimum Gasteiger partial charge on any atom is -0.311 e. The standard InChI is InChI=1S/C106H69B2N5S/c1-8-35-70(36-9-1)101-81-51-22-24-53-83(81)103(84-54-25-23-52-82(84)101)72-39-34-50-78(63-72)112-94-62-33-30-59-89(94)107-91-68-92-99(114-100-67-80(110(75-44-16-5-17-45-75)76-46-18-6-19-47-76)66-98-105(100)108(92)90-60-31-32-61-93(90)111(98)77-48-20-7-21-49-77)69-95(91)113(97-65-79(64-96(112)104(97)107)109(73-40-12-3-13-41-73)74-42-14-4-15-43-74)106-87-57-28-26-55-85(87)102(71-37-10-2-11-38-71)86-56-27-29-58-88(86)106/h1-69H. The van der Waals surface area contributed by atoms with Gasteiger partial charge in [-0.15, -0.1) is 0 Å². The summed E-state index contributed by atoms with van der Waals surface area (Å²) in [7, 11) is 0. The van der Waals surface area contributed by atoms with E-state index >= 15 is 0 Å². The predicted octanol–water partition coefficient (Wildman–Crippen LogP) is 25.1. The van der Waals surface area contributed by atoms with E-state index in [0.29, 0.717) is 0 Å². The first-order chi connectivity index (χ1) is 56.6. The van der Waals surface area contributed by atoms with Crippen molar-refractivity contribution in [3.8, 4) is 33.4 Å². The zero-order valence-electron chi connectivity index (χ0n) is 62.1. The van der Waals surface area contributed by atoms with Crippen LogP contribution in [0.15, 0.2) is 428 Å². The van der Waals surface area contributed by atoms with E-state index in [2.05, 4.69) is 443 Å². The van der Waals surface area contributed by atoms with Crippen molar-refractivity contribution in [1.29, 1.82) is 0 Å². The molecule has 4 aliphatic rings. The largest absolute Gasteiger partial charge is 0.311 e. The van der Waals surface area contributed by atoms with Crippen molar-refractivity contribution < 1.29 is 0 Å². The summed E-state index contributed by atoms with van der Waals surface area (Å²) in [6.45, 7) is -0.402. The van der Waals surface area contributed by atoms with E-state index in [1.807, 2.05) is 11.8 Å². The van der Waals surface area contributed by atoms with Crippen LogP contribution in [0, 0.1) is 0 Å². The summed E-state index contributed by atoms with van der Waals surface area (Å²) >= 11 is 1.92. The SMILES string of the molecule is c1ccc(-c2c3ccccc3c(-c3cccc(N4c5ccccc5B5c6cc7c(cc6N(c6c8ccccc8c(-c8ccccc8)c8ccccc68)c6cc(N(c8ccccc8)c8ccccc8)cc4c65)Sc4cc(N(c5ccccc5)c5ccccc5)cc5c4B7c4ccccc4N5c4ccccc4)c3)c3ccccc23)cc1. The lowest BCUT2D eigenvalue weighted by Crippen LogP contribution is -2.64. The minimum absolute atomic E-state index is 0.149. The lowest BCUT2D eigenvalue weighted by atomic mass is 9.31. The van der Waals surface area contributed by atoms with Gasteiger partial charge in [-0.05, 0) is 208 Å². The summed E-state index contributed by atoms with van der Waals surface area (Å²) in [6, 6.07) is 157. The molecular weight excluding hydrogens is 1400 g/mol. The van der Waals surface area contributed by atoms with Crippen LogP contribution < -0.4 is 57.3 Å². The van der Waals surface area contributed by atoms with Crippen LogP contribution in [0.2, 0.25) is 0 Å². The molecule has 23 rings (SSSR count). The molecule has 0 saturated heterocycles. The molecule has 0 bridgehead atoms. The number of fused-ring (bicyclic) bond motifs is 12. The molecule has 0 amide bonds. The fraction of sp³-hybridized carbons (Fsp3) is 0. The molecule has 8 heteroatoms. The fourth-order valence-corrected chi connectivity index (χ4v) is 20.6. The van der Waals surface area contributed by atoms with E-state index in [-0.39, 0.29) is 13.4 Å². The minimum atomic E-state index is -0.254. The third kappa shape index (κ3) is 10.3. The second-order valence-electron chi connectivity index (χ2n) is 30.1. The van der Waals surface area contributed by atoms with E-state index in [1.54, 1.807) is 0 Å². The normalized spacial score (nSPS) is 12.8. The van der Waals surface area contributed by atoms with Crippen molar-refractivity contribution in [2.75, 3.05) is 24.5 Å². The number of hydrogen-bond donors (Lipinski definition) is 0. The second-order valence-corrected chi connectivity index (χ2v) is 31.2. The molecule has 0 saturated carbocycles. The van der Waals surface area contributed by atoms with Crippen molar-refractivity contribution in [2.24, 2.45) is 0 Å². The summed E-state index contributed by atoms with van der Waals surface area (Å²) in [5.74, 6) is 0. The Labute approximate surface area is 668 Å². The van der Waals surface area contributed by atoms with Crippen LogP contribution in [-0.4, -0.2) is 13.4 Å². The Morgan fingerprint density at radius 3 is 1.02 bits per heavy atom. The Morgan fingerprint density at radius 2 is 0.544 bits per heavy atom. The first-order valence-corrected chi connectivity index (χ1v) is 40.2. The number of hydrogen-bond acceptors (Lipinski definition) is 6. The zero-order valence-corrected chi connectivity index (χ0v) is 63.0. The average molecular weight is 1470 g/mol. The molecular formula is C106H69B2N5S. The second kappa shape index (κ2) is 26.7. The number of rotatable bonds is 12. The quantitative estimate of drug-likeness (QED) is 0.0889. The number of anilines is 15. The first-order valence-electron chi connectivity index (χ1n) is 39.4. The molecule has 0 atom stereocenters. The molecule has 0 N–H and O–H groups in total. The Hall–Kier alpha value is -14.3. The molecule has 4 heterocycles. The van der Waals surface area contributed by atoms with E-state index in [0.717, 1.165) is 90.3 Å². The molecule has 4 aliphatic heterocycles. The Morgan fingerprint density at radius 1 is 0.202 bits per heavy atom. The topological polar surface area (TPSA) is 16.2 Å². The molecule has 19 aromatic rings. The van der Waals surface area contributed by atoms with Crippen molar-refractivity contribution in [3.05, 3.63) is 419 Å². The van der Waals surface area contributed by atoms with Crippen molar-refractivity contribution in [3.63, 3.8) is 0 Å². The Kier molecular flexibility index (Phi) is 15.4. The summed E-state index contributed by atoms with van der Waals surface area (Å²) in [5, 5.41) is 9.57.